The minimum atomic E-state index is -0.144. The van der Waals surface area contributed by atoms with Crippen LogP contribution in [0, 0.1) is 0 Å². The summed E-state index contributed by atoms with van der Waals surface area (Å²) in [5, 5.41) is 2.59. The molecular formula is C17H16N2O3. The van der Waals surface area contributed by atoms with Crippen LogP contribution < -0.4 is 10.1 Å². The third-order valence-electron chi connectivity index (χ3n) is 3.44. The fourth-order valence-electron chi connectivity index (χ4n) is 2.25. The van der Waals surface area contributed by atoms with Crippen molar-refractivity contribution in [2.45, 2.75) is 6.42 Å². The highest BCUT2D eigenvalue weighted by molar-refractivity contribution is 5.96. The van der Waals surface area contributed by atoms with E-state index in [9.17, 15) is 4.79 Å². The van der Waals surface area contributed by atoms with Gasteiger partial charge in [-0.1, -0.05) is 12.1 Å². The lowest BCUT2D eigenvalue weighted by atomic mass is 10.1. The van der Waals surface area contributed by atoms with Crippen molar-refractivity contribution in [3.05, 3.63) is 59.5 Å². The van der Waals surface area contributed by atoms with E-state index in [2.05, 4.69) is 10.3 Å². The van der Waals surface area contributed by atoms with Crippen LogP contribution in [-0.2, 0) is 6.42 Å². The van der Waals surface area contributed by atoms with Crippen LogP contribution in [-0.4, -0.2) is 25.0 Å². The SMILES string of the molecule is CNC(=O)c1ccc2nc(Cc3ccc(OC)cc3)oc2c1. The molecule has 1 amide bonds. The highest BCUT2D eigenvalue weighted by Crippen LogP contribution is 2.20. The van der Waals surface area contributed by atoms with Gasteiger partial charge in [0, 0.05) is 19.0 Å². The van der Waals surface area contributed by atoms with Crippen molar-refractivity contribution in [3.63, 3.8) is 0 Å². The molecule has 1 heterocycles. The number of hydrogen-bond acceptors (Lipinski definition) is 4. The Kier molecular flexibility index (Phi) is 3.78. The number of rotatable bonds is 4. The van der Waals surface area contributed by atoms with Crippen molar-refractivity contribution in [2.24, 2.45) is 0 Å². The van der Waals surface area contributed by atoms with Gasteiger partial charge < -0.3 is 14.5 Å². The molecule has 0 bridgehead atoms. The van der Waals surface area contributed by atoms with Crippen molar-refractivity contribution in [1.29, 1.82) is 0 Å². The maximum Gasteiger partial charge on any atom is 0.251 e. The Bertz CT molecular complexity index is 806. The van der Waals surface area contributed by atoms with Crippen LogP contribution in [0.1, 0.15) is 21.8 Å². The lowest BCUT2D eigenvalue weighted by Crippen LogP contribution is -2.17. The van der Waals surface area contributed by atoms with E-state index in [1.54, 1.807) is 32.4 Å². The largest absolute Gasteiger partial charge is 0.497 e. The van der Waals surface area contributed by atoms with Gasteiger partial charge in [0.25, 0.3) is 5.91 Å². The Hall–Kier alpha value is -2.82. The van der Waals surface area contributed by atoms with Gasteiger partial charge >= 0.3 is 0 Å². The van der Waals surface area contributed by atoms with E-state index in [1.165, 1.54) is 0 Å². The number of aromatic nitrogens is 1. The molecule has 22 heavy (non-hydrogen) atoms. The van der Waals surface area contributed by atoms with Gasteiger partial charge in [-0.2, -0.15) is 0 Å². The summed E-state index contributed by atoms with van der Waals surface area (Å²) in [4.78, 5) is 16.1. The third-order valence-corrected chi connectivity index (χ3v) is 3.44. The van der Waals surface area contributed by atoms with E-state index in [0.717, 1.165) is 16.8 Å². The molecule has 0 fully saturated rings. The number of nitrogens with zero attached hydrogens (tertiary/aromatic N) is 1. The topological polar surface area (TPSA) is 64.4 Å². The van der Waals surface area contributed by atoms with E-state index >= 15 is 0 Å². The van der Waals surface area contributed by atoms with Crippen LogP contribution in [0.2, 0.25) is 0 Å². The van der Waals surface area contributed by atoms with Gasteiger partial charge in [-0.25, -0.2) is 4.98 Å². The van der Waals surface area contributed by atoms with Crippen LogP contribution >= 0.6 is 0 Å². The van der Waals surface area contributed by atoms with Crippen molar-refractivity contribution >= 4 is 17.0 Å². The van der Waals surface area contributed by atoms with Gasteiger partial charge in [0.1, 0.15) is 11.3 Å². The van der Waals surface area contributed by atoms with E-state index in [4.69, 9.17) is 9.15 Å². The fourth-order valence-corrected chi connectivity index (χ4v) is 2.25. The van der Waals surface area contributed by atoms with Crippen molar-refractivity contribution < 1.29 is 13.9 Å². The molecule has 1 N–H and O–H groups in total. The maximum atomic E-state index is 11.6. The first-order valence-electron chi connectivity index (χ1n) is 6.94. The van der Waals surface area contributed by atoms with Gasteiger partial charge in [0.2, 0.25) is 0 Å². The number of nitrogens with one attached hydrogen (secondary N) is 1. The minimum Gasteiger partial charge on any atom is -0.497 e. The molecule has 3 rings (SSSR count). The van der Waals surface area contributed by atoms with Crippen LogP contribution in [0.4, 0.5) is 0 Å². The normalized spacial score (nSPS) is 10.6. The molecule has 5 nitrogen and oxygen atoms in total. The van der Waals surface area contributed by atoms with Crippen molar-refractivity contribution in [2.75, 3.05) is 14.2 Å². The smallest absolute Gasteiger partial charge is 0.251 e. The van der Waals surface area contributed by atoms with Crippen LogP contribution in [0.15, 0.2) is 46.9 Å². The summed E-state index contributed by atoms with van der Waals surface area (Å²) in [6.07, 6.45) is 0.591. The molecule has 3 aromatic rings. The van der Waals surface area contributed by atoms with Crippen LogP contribution in [0.3, 0.4) is 0 Å². The monoisotopic (exact) mass is 296 g/mol. The summed E-state index contributed by atoms with van der Waals surface area (Å²) in [5.74, 6) is 1.29. The number of ether oxygens (including phenoxy) is 1. The van der Waals surface area contributed by atoms with Gasteiger partial charge in [-0.05, 0) is 35.9 Å². The molecule has 0 saturated heterocycles. The molecule has 0 aliphatic carbocycles. The maximum absolute atomic E-state index is 11.6. The minimum absolute atomic E-state index is 0.144. The molecule has 1 aromatic heterocycles. The number of carbonyl (C=O) groups excluding carboxylic acids is 1. The van der Waals surface area contributed by atoms with Gasteiger partial charge in [0.05, 0.1) is 7.11 Å². The first-order valence-corrected chi connectivity index (χ1v) is 6.94. The Balaban J connectivity index is 1.86. The first-order chi connectivity index (χ1) is 10.7. The fraction of sp³-hybridized carbons (Fsp3) is 0.176. The number of methoxy groups -OCH3 is 1. The second-order valence-corrected chi connectivity index (χ2v) is 4.89. The molecule has 0 aliphatic heterocycles. The Morgan fingerprint density at radius 3 is 2.68 bits per heavy atom. The highest BCUT2D eigenvalue weighted by atomic mass is 16.5. The predicted molar refractivity (Wildman–Crippen MR) is 83.2 cm³/mol. The first kappa shape index (κ1) is 14.1. The molecule has 0 unspecified atom stereocenters. The summed E-state index contributed by atoms with van der Waals surface area (Å²) in [6.45, 7) is 0. The average molecular weight is 296 g/mol. The standard InChI is InChI=1S/C17H16N2O3/c1-18-17(20)12-5-8-14-15(10-12)22-16(19-14)9-11-3-6-13(21-2)7-4-11/h3-8,10H,9H2,1-2H3,(H,18,20). The predicted octanol–water partition coefficient (Wildman–Crippen LogP) is 2.79. The average Bonchev–Trinajstić information content (AvgIpc) is 2.96. The summed E-state index contributed by atoms with van der Waals surface area (Å²) in [7, 11) is 3.24. The lowest BCUT2D eigenvalue weighted by molar-refractivity contribution is 0.0963. The summed E-state index contributed by atoms with van der Waals surface area (Å²) in [5.41, 5.74) is 3.00. The van der Waals surface area contributed by atoms with Crippen molar-refractivity contribution in [3.8, 4) is 5.75 Å². The molecule has 0 aliphatic rings. The zero-order chi connectivity index (χ0) is 15.5. The molecule has 0 radical (unpaired) electrons. The van der Waals surface area contributed by atoms with E-state index in [-0.39, 0.29) is 5.91 Å². The molecular weight excluding hydrogens is 280 g/mol. The molecule has 0 spiro atoms. The number of oxazole rings is 1. The molecule has 0 saturated carbocycles. The van der Waals surface area contributed by atoms with Gasteiger partial charge in [0.15, 0.2) is 11.5 Å². The molecule has 2 aromatic carbocycles. The van der Waals surface area contributed by atoms with Crippen molar-refractivity contribution in [1.82, 2.24) is 10.3 Å². The summed E-state index contributed by atoms with van der Waals surface area (Å²) < 4.78 is 10.9. The summed E-state index contributed by atoms with van der Waals surface area (Å²) in [6, 6.07) is 13.0. The number of benzene rings is 2. The quantitative estimate of drug-likeness (QED) is 0.804. The highest BCUT2D eigenvalue weighted by Gasteiger charge is 2.10. The van der Waals surface area contributed by atoms with Crippen LogP contribution in [0.5, 0.6) is 5.75 Å². The second-order valence-electron chi connectivity index (χ2n) is 4.89. The number of fused-ring (bicyclic) bond motifs is 1. The second kappa shape index (κ2) is 5.89. The third kappa shape index (κ3) is 2.79. The Labute approximate surface area is 127 Å². The Morgan fingerprint density at radius 1 is 1.23 bits per heavy atom. The van der Waals surface area contributed by atoms with Gasteiger partial charge in [-0.3, -0.25) is 4.79 Å². The zero-order valence-corrected chi connectivity index (χ0v) is 12.4. The van der Waals surface area contributed by atoms with E-state index in [0.29, 0.717) is 23.5 Å². The molecule has 0 atom stereocenters. The zero-order valence-electron chi connectivity index (χ0n) is 12.4. The van der Waals surface area contributed by atoms with E-state index in [1.807, 2.05) is 24.3 Å². The van der Waals surface area contributed by atoms with Crippen LogP contribution in [0.25, 0.3) is 11.1 Å². The Morgan fingerprint density at radius 2 is 2.00 bits per heavy atom. The lowest BCUT2D eigenvalue weighted by Gasteiger charge is -2.00. The van der Waals surface area contributed by atoms with E-state index < -0.39 is 0 Å². The number of amides is 1. The number of hydrogen-bond donors (Lipinski definition) is 1. The molecule has 112 valence electrons. The summed E-state index contributed by atoms with van der Waals surface area (Å²) >= 11 is 0. The molecule has 5 heteroatoms. The van der Waals surface area contributed by atoms with Gasteiger partial charge in [-0.15, -0.1) is 0 Å². The number of carbonyl (C=O) groups is 1.